The van der Waals surface area contributed by atoms with Crippen molar-refractivity contribution < 1.29 is 9.53 Å². The predicted octanol–water partition coefficient (Wildman–Crippen LogP) is 2.76. The lowest BCUT2D eigenvalue weighted by molar-refractivity contribution is 0.102. The molecule has 0 aliphatic carbocycles. The van der Waals surface area contributed by atoms with E-state index in [1.54, 1.807) is 31.4 Å². The van der Waals surface area contributed by atoms with Crippen LogP contribution >= 0.6 is 11.6 Å². The molecule has 0 spiro atoms. The Bertz CT molecular complexity index is 1120. The largest absolute Gasteiger partial charge is 0.497 e. The summed E-state index contributed by atoms with van der Waals surface area (Å²) in [5.41, 5.74) is 2.07. The summed E-state index contributed by atoms with van der Waals surface area (Å²) >= 11 is 6.28. The van der Waals surface area contributed by atoms with Crippen LogP contribution in [-0.2, 0) is 0 Å². The molecule has 2 heterocycles. The molecule has 0 atom stereocenters. The fourth-order valence-corrected chi connectivity index (χ4v) is 2.81. The average molecular weight is 396 g/mol. The van der Waals surface area contributed by atoms with E-state index < -0.39 is 5.91 Å². The number of carbonyl (C=O) groups excluding carboxylic acids is 1. The van der Waals surface area contributed by atoms with Gasteiger partial charge < -0.3 is 10.1 Å². The fraction of sp³-hybridized carbons (Fsp3) is 0.0556. The van der Waals surface area contributed by atoms with Crippen molar-refractivity contribution in [3.63, 3.8) is 0 Å². The lowest BCUT2D eigenvalue weighted by Crippen LogP contribution is -2.12. The smallest absolute Gasteiger partial charge is 0.277 e. The number of benzene rings is 2. The number of nitrogens with one attached hydrogen (secondary N) is 1. The molecule has 4 rings (SSSR count). The third-order valence-electron chi connectivity index (χ3n) is 3.92. The maximum Gasteiger partial charge on any atom is 0.277 e. The van der Waals surface area contributed by atoms with Crippen LogP contribution in [0.5, 0.6) is 5.75 Å². The van der Waals surface area contributed by atoms with Gasteiger partial charge in [-0.05, 0) is 30.3 Å². The summed E-state index contributed by atoms with van der Waals surface area (Å²) in [6, 6.07) is 12.4. The molecule has 0 aliphatic rings. The van der Waals surface area contributed by atoms with Crippen LogP contribution < -0.4 is 10.1 Å². The second-order valence-corrected chi connectivity index (χ2v) is 6.12. The number of hydrogen-bond donors (Lipinski definition) is 1. The Balaban J connectivity index is 1.51. The number of anilines is 1. The van der Waals surface area contributed by atoms with Gasteiger partial charge in [-0.2, -0.15) is 5.10 Å². The van der Waals surface area contributed by atoms with Gasteiger partial charge >= 0.3 is 0 Å². The highest BCUT2D eigenvalue weighted by Crippen LogP contribution is 2.24. The van der Waals surface area contributed by atoms with Crippen LogP contribution in [-0.4, -0.2) is 42.8 Å². The first-order valence-corrected chi connectivity index (χ1v) is 8.54. The van der Waals surface area contributed by atoms with Crippen LogP contribution in [0.3, 0.4) is 0 Å². The molecule has 0 saturated carbocycles. The van der Waals surface area contributed by atoms with E-state index in [2.05, 4.69) is 25.7 Å². The highest BCUT2D eigenvalue weighted by Gasteiger charge is 2.13. The molecule has 0 saturated heterocycles. The summed E-state index contributed by atoms with van der Waals surface area (Å²) in [7, 11) is 1.58. The third kappa shape index (κ3) is 3.55. The Morgan fingerprint density at radius 1 is 1.18 bits per heavy atom. The summed E-state index contributed by atoms with van der Waals surface area (Å²) in [4.78, 5) is 16.4. The van der Waals surface area contributed by atoms with Gasteiger partial charge in [0, 0.05) is 11.8 Å². The van der Waals surface area contributed by atoms with Gasteiger partial charge in [0.05, 0.1) is 29.7 Å². The van der Waals surface area contributed by atoms with Crippen LogP contribution in [0.4, 0.5) is 5.69 Å². The minimum atomic E-state index is -0.404. The highest BCUT2D eigenvalue weighted by atomic mass is 35.5. The number of carbonyl (C=O) groups is 1. The summed E-state index contributed by atoms with van der Waals surface area (Å²) in [6.45, 7) is 0. The fourth-order valence-electron chi connectivity index (χ4n) is 2.55. The van der Waals surface area contributed by atoms with Crippen molar-refractivity contribution in [1.82, 2.24) is 29.8 Å². The van der Waals surface area contributed by atoms with Gasteiger partial charge in [-0.15, -0.1) is 5.10 Å². The first-order chi connectivity index (χ1) is 13.6. The van der Waals surface area contributed by atoms with Crippen molar-refractivity contribution >= 4 is 23.2 Å². The van der Waals surface area contributed by atoms with E-state index in [9.17, 15) is 4.79 Å². The van der Waals surface area contributed by atoms with Gasteiger partial charge in [0.15, 0.2) is 5.69 Å². The Hall–Kier alpha value is -3.72. The average Bonchev–Trinajstić information content (AvgIpc) is 3.40. The molecule has 1 N–H and O–H groups in total. The number of aromatic nitrogens is 6. The summed E-state index contributed by atoms with van der Waals surface area (Å²) < 4.78 is 8.23. The van der Waals surface area contributed by atoms with Crippen LogP contribution in [0.25, 0.3) is 11.4 Å². The minimum Gasteiger partial charge on any atom is -0.497 e. The molecule has 1 amide bonds. The first-order valence-electron chi connectivity index (χ1n) is 8.17. The van der Waals surface area contributed by atoms with E-state index in [1.165, 1.54) is 28.2 Å². The lowest BCUT2D eigenvalue weighted by Gasteiger charge is -2.07. The molecule has 0 fully saturated rings. The van der Waals surface area contributed by atoms with Crippen LogP contribution in [0.15, 0.2) is 61.3 Å². The van der Waals surface area contributed by atoms with E-state index in [4.69, 9.17) is 16.3 Å². The van der Waals surface area contributed by atoms with Crippen molar-refractivity contribution in [3.8, 4) is 17.1 Å². The van der Waals surface area contributed by atoms with Crippen LogP contribution in [0.2, 0.25) is 5.02 Å². The third-order valence-corrected chi connectivity index (χ3v) is 4.22. The number of ether oxygens (including phenoxy) is 1. The number of rotatable bonds is 5. The number of amides is 1. The van der Waals surface area contributed by atoms with Gasteiger partial charge in [-0.25, -0.2) is 14.3 Å². The van der Waals surface area contributed by atoms with E-state index in [1.807, 2.05) is 18.2 Å². The maximum atomic E-state index is 12.5. The van der Waals surface area contributed by atoms with Gasteiger partial charge in [-0.1, -0.05) is 22.9 Å². The predicted molar refractivity (Wildman–Crippen MR) is 102 cm³/mol. The molecule has 2 aromatic heterocycles. The molecule has 0 aliphatic heterocycles. The second-order valence-electron chi connectivity index (χ2n) is 5.71. The van der Waals surface area contributed by atoms with Gasteiger partial charge in [-0.3, -0.25) is 4.79 Å². The monoisotopic (exact) mass is 395 g/mol. The van der Waals surface area contributed by atoms with Crippen molar-refractivity contribution in [2.75, 3.05) is 12.4 Å². The Kier molecular flexibility index (Phi) is 4.73. The highest BCUT2D eigenvalue weighted by molar-refractivity contribution is 6.32. The second kappa shape index (κ2) is 7.49. The number of halogens is 1. The summed E-state index contributed by atoms with van der Waals surface area (Å²) in [5, 5.41) is 15.1. The number of methoxy groups -OCH3 is 1. The molecule has 140 valence electrons. The number of hydrogen-bond acceptors (Lipinski definition) is 6. The Morgan fingerprint density at radius 2 is 2.07 bits per heavy atom. The van der Waals surface area contributed by atoms with Crippen LogP contribution in [0, 0.1) is 0 Å². The van der Waals surface area contributed by atoms with Crippen LogP contribution in [0.1, 0.15) is 10.5 Å². The number of nitrogens with zero attached hydrogens (tertiary/aromatic N) is 6. The minimum absolute atomic E-state index is 0.166. The zero-order valence-corrected chi connectivity index (χ0v) is 15.4. The molecule has 4 aromatic rings. The molecule has 0 unspecified atom stereocenters. The van der Waals surface area contributed by atoms with E-state index in [0.29, 0.717) is 22.1 Å². The molecule has 10 heteroatoms. The van der Waals surface area contributed by atoms with Crippen molar-refractivity contribution in [2.24, 2.45) is 0 Å². The molecule has 0 bridgehead atoms. The molecule has 28 heavy (non-hydrogen) atoms. The molecule has 9 nitrogen and oxygen atoms in total. The normalized spacial score (nSPS) is 10.6. The quantitative estimate of drug-likeness (QED) is 0.557. The molecular formula is C18H14ClN7O2. The summed E-state index contributed by atoms with van der Waals surface area (Å²) in [6.07, 6.45) is 4.49. The first kappa shape index (κ1) is 17.7. The van der Waals surface area contributed by atoms with E-state index in [-0.39, 0.29) is 5.69 Å². The zero-order valence-electron chi connectivity index (χ0n) is 14.7. The summed E-state index contributed by atoms with van der Waals surface area (Å²) in [5.74, 6) is 0.278. The molecule has 0 radical (unpaired) electrons. The maximum absolute atomic E-state index is 12.5. The van der Waals surface area contributed by atoms with E-state index in [0.717, 1.165) is 5.69 Å². The van der Waals surface area contributed by atoms with E-state index >= 15 is 0 Å². The van der Waals surface area contributed by atoms with Crippen molar-refractivity contribution in [1.29, 1.82) is 0 Å². The SMILES string of the molecule is COc1cccc(-n2cc(C(=O)Nc3ccc(-n4cncn4)c(Cl)c3)nn2)c1. The molecule has 2 aromatic carbocycles. The van der Waals surface area contributed by atoms with Crippen molar-refractivity contribution in [3.05, 3.63) is 72.0 Å². The van der Waals surface area contributed by atoms with Gasteiger partial charge in [0.25, 0.3) is 5.91 Å². The topological polar surface area (TPSA) is 99.8 Å². The van der Waals surface area contributed by atoms with Gasteiger partial charge in [0.2, 0.25) is 0 Å². The standard InChI is InChI=1S/C18H14ClN7O2/c1-28-14-4-2-3-13(8-14)25-9-16(23-24-25)18(27)22-12-5-6-17(15(19)7-12)26-11-20-10-21-26/h2-11H,1H3,(H,22,27). The Labute approximate surface area is 164 Å². The zero-order chi connectivity index (χ0) is 19.5. The molecular weight excluding hydrogens is 382 g/mol. The van der Waals surface area contributed by atoms with Crippen molar-refractivity contribution in [2.45, 2.75) is 0 Å². The lowest BCUT2D eigenvalue weighted by atomic mass is 10.2. The Morgan fingerprint density at radius 3 is 2.82 bits per heavy atom. The van der Waals surface area contributed by atoms with Gasteiger partial charge in [0.1, 0.15) is 18.4 Å².